The zero-order valence-electron chi connectivity index (χ0n) is 15.1. The summed E-state index contributed by atoms with van der Waals surface area (Å²) in [5, 5.41) is 3.36. The van der Waals surface area contributed by atoms with Crippen molar-refractivity contribution in [3.05, 3.63) is 46.2 Å². The molecule has 0 unspecified atom stereocenters. The Morgan fingerprint density at radius 3 is 2.58 bits per heavy atom. The summed E-state index contributed by atoms with van der Waals surface area (Å²) in [4.78, 5) is 37.1. The van der Waals surface area contributed by atoms with E-state index in [1.807, 2.05) is 35.4 Å². The number of allylic oxidation sites excluding steroid dienone is 2. The highest BCUT2D eigenvalue weighted by Gasteiger charge is 2.27. The molecule has 1 fully saturated rings. The molecule has 1 heterocycles. The third-order valence-corrected chi connectivity index (χ3v) is 7.85. The predicted octanol–water partition coefficient (Wildman–Crippen LogP) is 4.40. The van der Waals surface area contributed by atoms with E-state index in [1.165, 1.54) is 18.2 Å². The first kappa shape index (κ1) is 19.2. The smallest absolute Gasteiger partial charge is 0.224 e. The van der Waals surface area contributed by atoms with Crippen LogP contribution in [-0.2, 0) is 4.79 Å². The molecule has 1 aliphatic heterocycles. The summed E-state index contributed by atoms with van der Waals surface area (Å²) in [7, 11) is 3.88. The summed E-state index contributed by atoms with van der Waals surface area (Å²) in [6, 6.07) is 3.49. The van der Waals surface area contributed by atoms with Crippen LogP contribution in [0.25, 0.3) is 0 Å². The molecule has 1 N–H and O–H groups in total. The first-order valence-corrected chi connectivity index (χ1v) is 11.3. The van der Waals surface area contributed by atoms with Gasteiger partial charge in [0.25, 0.3) is 0 Å². The van der Waals surface area contributed by atoms with Crippen molar-refractivity contribution in [1.29, 1.82) is 0 Å². The molecule has 0 spiro atoms. The summed E-state index contributed by atoms with van der Waals surface area (Å²) in [5.41, 5.74) is 2.83. The molecule has 138 valence electrons. The second-order valence-electron chi connectivity index (χ2n) is 6.86. The lowest BCUT2D eigenvalue weighted by molar-refractivity contribution is -0.120. The average Bonchev–Trinajstić information content (AvgIpc) is 3.11. The summed E-state index contributed by atoms with van der Waals surface area (Å²) >= 11 is 0. The third-order valence-electron chi connectivity index (χ3n) is 4.85. The number of hydrogen-bond donors (Lipinski definition) is 1. The molecule has 3 rings (SSSR count). The normalized spacial score (nSPS) is 19.3. The minimum Gasteiger partial charge on any atom is -0.323 e. The van der Waals surface area contributed by atoms with Crippen molar-refractivity contribution in [3.8, 4) is 0 Å². The van der Waals surface area contributed by atoms with Crippen molar-refractivity contribution < 1.29 is 14.4 Å². The second kappa shape index (κ2) is 8.44. The van der Waals surface area contributed by atoms with E-state index in [9.17, 15) is 14.4 Å². The fourth-order valence-corrected chi connectivity index (χ4v) is 6.18. The van der Waals surface area contributed by atoms with E-state index >= 15 is 0 Å². The highest BCUT2D eigenvalue weighted by atomic mass is 33.1. The van der Waals surface area contributed by atoms with Crippen molar-refractivity contribution in [1.82, 2.24) is 5.32 Å². The maximum absolute atomic E-state index is 12.6. The van der Waals surface area contributed by atoms with E-state index in [-0.39, 0.29) is 23.2 Å². The lowest BCUT2D eigenvalue weighted by Crippen LogP contribution is -2.31. The Morgan fingerprint density at radius 2 is 1.88 bits per heavy atom. The number of hydrogen-bond acceptors (Lipinski definition) is 5. The van der Waals surface area contributed by atoms with Crippen LogP contribution in [-0.4, -0.2) is 28.5 Å². The van der Waals surface area contributed by atoms with Gasteiger partial charge in [-0.05, 0) is 56.4 Å². The Labute approximate surface area is 162 Å². The van der Waals surface area contributed by atoms with Gasteiger partial charge in [-0.25, -0.2) is 0 Å². The van der Waals surface area contributed by atoms with Crippen LogP contribution in [0.3, 0.4) is 0 Å². The van der Waals surface area contributed by atoms with Crippen LogP contribution in [0.4, 0.5) is 0 Å². The molecule has 0 bridgehead atoms. The standard InChI is InChI=1S/C20H23NO3S2/c1-12-9-15-16(10-13(12)2)20(24)17(11-18(15)22)21-19(23)6-4-3-5-14-7-8-25-26-14/h9-11,14H,3-8H2,1-2H3,(H,21,23)/t14-/m1/s1. The number of fused-ring (bicyclic) bond motifs is 1. The van der Waals surface area contributed by atoms with E-state index in [2.05, 4.69) is 5.32 Å². The van der Waals surface area contributed by atoms with Gasteiger partial charge >= 0.3 is 0 Å². The van der Waals surface area contributed by atoms with Crippen molar-refractivity contribution in [2.24, 2.45) is 0 Å². The van der Waals surface area contributed by atoms with E-state index in [0.717, 1.165) is 30.4 Å². The van der Waals surface area contributed by atoms with Gasteiger partial charge in [0.1, 0.15) is 0 Å². The summed E-state index contributed by atoms with van der Waals surface area (Å²) in [6.07, 6.45) is 5.84. The maximum atomic E-state index is 12.6. The van der Waals surface area contributed by atoms with Crippen molar-refractivity contribution in [2.45, 2.75) is 51.2 Å². The topological polar surface area (TPSA) is 63.2 Å². The molecule has 0 aromatic heterocycles. The monoisotopic (exact) mass is 389 g/mol. The summed E-state index contributed by atoms with van der Waals surface area (Å²) < 4.78 is 0. The van der Waals surface area contributed by atoms with Crippen LogP contribution in [0.15, 0.2) is 23.9 Å². The Bertz CT molecular complexity index is 780. The highest BCUT2D eigenvalue weighted by Crippen LogP contribution is 2.39. The molecule has 6 heteroatoms. The van der Waals surface area contributed by atoms with E-state index < -0.39 is 0 Å². The number of benzene rings is 1. The number of aryl methyl sites for hydroxylation is 2. The molecule has 1 aliphatic carbocycles. The molecule has 1 saturated heterocycles. The Hall–Kier alpha value is -1.53. The average molecular weight is 390 g/mol. The van der Waals surface area contributed by atoms with Crippen LogP contribution >= 0.6 is 21.6 Å². The summed E-state index contributed by atoms with van der Waals surface area (Å²) in [5.74, 6) is 0.517. The van der Waals surface area contributed by atoms with Crippen molar-refractivity contribution in [2.75, 3.05) is 5.75 Å². The summed E-state index contributed by atoms with van der Waals surface area (Å²) in [6.45, 7) is 3.82. The van der Waals surface area contributed by atoms with Gasteiger partial charge in [0.15, 0.2) is 5.78 Å². The van der Waals surface area contributed by atoms with Gasteiger partial charge in [-0.3, -0.25) is 14.4 Å². The number of carbonyl (C=O) groups excluding carboxylic acids is 3. The zero-order valence-corrected chi connectivity index (χ0v) is 16.7. The lowest BCUT2D eigenvalue weighted by Gasteiger charge is -2.17. The van der Waals surface area contributed by atoms with Crippen LogP contribution in [0.2, 0.25) is 0 Å². The molecule has 1 atom stereocenters. The van der Waals surface area contributed by atoms with Gasteiger partial charge in [-0.2, -0.15) is 0 Å². The molecular formula is C20H23NO3S2. The van der Waals surface area contributed by atoms with Gasteiger partial charge in [0.05, 0.1) is 5.70 Å². The first-order valence-electron chi connectivity index (χ1n) is 8.96. The van der Waals surface area contributed by atoms with E-state index in [1.54, 1.807) is 12.1 Å². The van der Waals surface area contributed by atoms with Gasteiger partial charge < -0.3 is 5.32 Å². The number of ketones is 2. The lowest BCUT2D eigenvalue weighted by atomic mass is 9.89. The van der Waals surface area contributed by atoms with Crippen LogP contribution in [0, 0.1) is 13.8 Å². The van der Waals surface area contributed by atoms with Crippen molar-refractivity contribution >= 4 is 39.1 Å². The van der Waals surface area contributed by atoms with Gasteiger partial charge in [-0.1, -0.05) is 28.0 Å². The third kappa shape index (κ3) is 4.41. The fourth-order valence-electron chi connectivity index (χ4n) is 3.15. The molecule has 1 amide bonds. The number of amides is 1. The molecular weight excluding hydrogens is 366 g/mol. The molecule has 2 aliphatic rings. The predicted molar refractivity (Wildman–Crippen MR) is 108 cm³/mol. The Morgan fingerprint density at radius 1 is 1.15 bits per heavy atom. The fraction of sp³-hybridized carbons (Fsp3) is 0.450. The molecule has 26 heavy (non-hydrogen) atoms. The Kier molecular flexibility index (Phi) is 6.24. The molecule has 0 radical (unpaired) electrons. The minimum absolute atomic E-state index is 0.0958. The number of rotatable bonds is 6. The van der Waals surface area contributed by atoms with E-state index in [4.69, 9.17) is 0 Å². The highest BCUT2D eigenvalue weighted by molar-refractivity contribution is 8.77. The largest absolute Gasteiger partial charge is 0.323 e. The number of Topliss-reactive ketones (excluding diaryl/α,β-unsaturated/α-hetero) is 1. The number of carbonyl (C=O) groups is 3. The van der Waals surface area contributed by atoms with Crippen LogP contribution in [0.1, 0.15) is 63.9 Å². The van der Waals surface area contributed by atoms with Gasteiger partial charge in [0, 0.05) is 34.6 Å². The van der Waals surface area contributed by atoms with Crippen LogP contribution < -0.4 is 5.32 Å². The molecule has 4 nitrogen and oxygen atoms in total. The van der Waals surface area contributed by atoms with Crippen molar-refractivity contribution in [3.63, 3.8) is 0 Å². The SMILES string of the molecule is Cc1cc2c(cc1C)C(=O)C(NC(=O)CCCC[C@@H]1CCSS1)=CC2=O. The van der Waals surface area contributed by atoms with E-state index in [0.29, 0.717) is 22.8 Å². The molecule has 0 saturated carbocycles. The van der Waals surface area contributed by atoms with Gasteiger partial charge in [-0.15, -0.1) is 0 Å². The van der Waals surface area contributed by atoms with Gasteiger partial charge in [0.2, 0.25) is 11.7 Å². The number of nitrogens with one attached hydrogen (secondary N) is 1. The zero-order chi connectivity index (χ0) is 18.7. The Balaban J connectivity index is 1.56. The first-order chi connectivity index (χ1) is 12.5. The molecule has 1 aromatic rings. The quantitative estimate of drug-likeness (QED) is 0.577. The second-order valence-corrected chi connectivity index (χ2v) is 9.64. The molecule has 1 aromatic carbocycles. The maximum Gasteiger partial charge on any atom is 0.224 e. The minimum atomic E-state index is -0.282. The van der Waals surface area contributed by atoms with Crippen LogP contribution in [0.5, 0.6) is 0 Å². The number of unbranched alkanes of at least 4 members (excludes halogenated alkanes) is 1.